The molecule has 1 amide bonds. The fraction of sp³-hybridized carbons (Fsp3) is 0.900. The van der Waals surface area contributed by atoms with E-state index in [4.69, 9.17) is 9.47 Å². The molecule has 0 aromatic carbocycles. The Bertz CT molecular complexity index is 163. The number of likely N-dealkylation sites (N-methyl/N-ethyl adjacent to an activating group) is 1. The Labute approximate surface area is 91.5 Å². The molecule has 2 N–H and O–H groups in total. The molecular weight excluding hydrogens is 196 g/mol. The topological polar surface area (TPSA) is 59.6 Å². The number of rotatable bonds is 8. The van der Waals surface area contributed by atoms with Gasteiger partial charge in [-0.1, -0.05) is 0 Å². The van der Waals surface area contributed by atoms with Crippen molar-refractivity contribution in [3.05, 3.63) is 0 Å². The number of hydrogen-bond acceptors (Lipinski definition) is 4. The average molecular weight is 218 g/mol. The second-order valence-corrected chi connectivity index (χ2v) is 3.45. The Morgan fingerprint density at radius 2 is 2.00 bits per heavy atom. The number of alkyl carbamates (subject to hydrolysis) is 1. The number of hydrogen-bond donors (Lipinski definition) is 2. The Morgan fingerprint density at radius 1 is 1.27 bits per heavy atom. The van der Waals surface area contributed by atoms with Gasteiger partial charge < -0.3 is 20.1 Å². The number of carbonyl (C=O) groups excluding carboxylic acids is 1. The van der Waals surface area contributed by atoms with Crippen LogP contribution in [0.15, 0.2) is 0 Å². The summed E-state index contributed by atoms with van der Waals surface area (Å²) in [7, 11) is 1.88. The summed E-state index contributed by atoms with van der Waals surface area (Å²) >= 11 is 0. The first-order chi connectivity index (χ1) is 7.16. The molecule has 5 nitrogen and oxygen atoms in total. The second-order valence-electron chi connectivity index (χ2n) is 3.45. The van der Waals surface area contributed by atoms with E-state index in [2.05, 4.69) is 10.6 Å². The predicted octanol–water partition coefficient (Wildman–Crippen LogP) is 0.747. The molecule has 0 heterocycles. The largest absolute Gasteiger partial charge is 0.447 e. The molecule has 0 unspecified atom stereocenters. The Balaban J connectivity index is 3.13. The lowest BCUT2D eigenvalue weighted by Crippen LogP contribution is -2.28. The summed E-state index contributed by atoms with van der Waals surface area (Å²) in [5.74, 6) is 0. The van der Waals surface area contributed by atoms with Crippen LogP contribution in [-0.4, -0.2) is 45.5 Å². The fourth-order valence-corrected chi connectivity index (χ4v) is 0.897. The maximum atomic E-state index is 11.0. The Hall–Kier alpha value is -0.810. The highest BCUT2D eigenvalue weighted by atomic mass is 16.6. The molecule has 15 heavy (non-hydrogen) atoms. The summed E-state index contributed by atoms with van der Waals surface area (Å²) in [6.07, 6.45) is 0.369. The van der Waals surface area contributed by atoms with E-state index in [1.165, 1.54) is 0 Å². The van der Waals surface area contributed by atoms with Crippen LogP contribution in [0.25, 0.3) is 0 Å². The molecule has 0 spiro atoms. The van der Waals surface area contributed by atoms with Gasteiger partial charge in [-0.25, -0.2) is 4.79 Å². The van der Waals surface area contributed by atoms with Gasteiger partial charge in [-0.05, 0) is 27.3 Å². The fourth-order valence-electron chi connectivity index (χ4n) is 0.897. The first kappa shape index (κ1) is 14.2. The standard InChI is InChI=1S/C10H22N2O3/c1-9(2)15-10(13)12-5-4-7-14-8-6-11-3/h9,11H,4-8H2,1-3H3,(H,12,13). The van der Waals surface area contributed by atoms with Gasteiger partial charge in [-0.3, -0.25) is 0 Å². The van der Waals surface area contributed by atoms with Gasteiger partial charge in [0.25, 0.3) is 0 Å². The van der Waals surface area contributed by atoms with Crippen molar-refractivity contribution in [2.45, 2.75) is 26.4 Å². The first-order valence-electron chi connectivity index (χ1n) is 5.33. The minimum atomic E-state index is -0.361. The molecule has 0 rings (SSSR count). The van der Waals surface area contributed by atoms with Crippen LogP contribution in [0.4, 0.5) is 4.79 Å². The van der Waals surface area contributed by atoms with Crippen LogP contribution in [0.5, 0.6) is 0 Å². The van der Waals surface area contributed by atoms with E-state index in [1.54, 1.807) is 0 Å². The zero-order valence-corrected chi connectivity index (χ0v) is 9.84. The third kappa shape index (κ3) is 11.1. The van der Waals surface area contributed by atoms with E-state index in [9.17, 15) is 4.79 Å². The van der Waals surface area contributed by atoms with Crippen LogP contribution in [0.1, 0.15) is 20.3 Å². The molecule has 0 aromatic rings. The summed E-state index contributed by atoms with van der Waals surface area (Å²) < 4.78 is 10.2. The quantitative estimate of drug-likeness (QED) is 0.590. The SMILES string of the molecule is CNCCOCCCNC(=O)OC(C)C. The molecule has 0 atom stereocenters. The molecule has 0 saturated carbocycles. The van der Waals surface area contributed by atoms with Gasteiger partial charge in [0.05, 0.1) is 12.7 Å². The van der Waals surface area contributed by atoms with Crippen LogP contribution in [-0.2, 0) is 9.47 Å². The lowest BCUT2D eigenvalue weighted by atomic mass is 10.4. The molecule has 90 valence electrons. The third-order valence-corrected chi connectivity index (χ3v) is 1.57. The number of ether oxygens (including phenoxy) is 2. The molecule has 0 saturated heterocycles. The second kappa shape index (κ2) is 9.73. The van der Waals surface area contributed by atoms with Crippen molar-refractivity contribution in [1.29, 1.82) is 0 Å². The summed E-state index contributed by atoms with van der Waals surface area (Å²) in [5, 5.41) is 5.63. The first-order valence-corrected chi connectivity index (χ1v) is 5.33. The number of amides is 1. The van der Waals surface area contributed by atoms with Crippen molar-refractivity contribution in [2.24, 2.45) is 0 Å². The molecule has 0 aliphatic carbocycles. The molecule has 5 heteroatoms. The van der Waals surface area contributed by atoms with E-state index in [0.29, 0.717) is 19.8 Å². The smallest absolute Gasteiger partial charge is 0.407 e. The number of nitrogens with one attached hydrogen (secondary N) is 2. The van der Waals surface area contributed by atoms with E-state index in [-0.39, 0.29) is 12.2 Å². The van der Waals surface area contributed by atoms with E-state index in [1.807, 2.05) is 20.9 Å². The van der Waals surface area contributed by atoms with Crippen molar-refractivity contribution in [2.75, 3.05) is 33.4 Å². The van der Waals surface area contributed by atoms with Gasteiger partial charge in [0.1, 0.15) is 0 Å². The summed E-state index contributed by atoms with van der Waals surface area (Å²) in [6.45, 7) is 6.44. The minimum Gasteiger partial charge on any atom is -0.447 e. The Kier molecular flexibility index (Phi) is 9.21. The molecule has 0 radical (unpaired) electrons. The van der Waals surface area contributed by atoms with Gasteiger partial charge in [-0.15, -0.1) is 0 Å². The highest BCUT2D eigenvalue weighted by Gasteiger charge is 2.02. The summed E-state index contributed by atoms with van der Waals surface area (Å²) in [4.78, 5) is 11.0. The number of carbonyl (C=O) groups is 1. The highest BCUT2D eigenvalue weighted by Crippen LogP contribution is 1.88. The van der Waals surface area contributed by atoms with Gasteiger partial charge in [0.15, 0.2) is 0 Å². The molecular formula is C10H22N2O3. The maximum absolute atomic E-state index is 11.0. The maximum Gasteiger partial charge on any atom is 0.407 e. The highest BCUT2D eigenvalue weighted by molar-refractivity contribution is 5.67. The van der Waals surface area contributed by atoms with E-state index in [0.717, 1.165) is 13.0 Å². The summed E-state index contributed by atoms with van der Waals surface area (Å²) in [6, 6.07) is 0. The molecule has 0 fully saturated rings. The molecule has 0 aliphatic heterocycles. The monoisotopic (exact) mass is 218 g/mol. The van der Waals surface area contributed by atoms with Crippen molar-refractivity contribution in [3.8, 4) is 0 Å². The average Bonchev–Trinajstić information content (AvgIpc) is 2.15. The summed E-state index contributed by atoms with van der Waals surface area (Å²) in [5.41, 5.74) is 0. The normalized spacial score (nSPS) is 10.4. The lowest BCUT2D eigenvalue weighted by Gasteiger charge is -2.09. The van der Waals surface area contributed by atoms with Gasteiger partial charge in [0.2, 0.25) is 0 Å². The molecule has 0 bridgehead atoms. The van der Waals surface area contributed by atoms with Crippen LogP contribution in [0, 0.1) is 0 Å². The van der Waals surface area contributed by atoms with Crippen molar-refractivity contribution < 1.29 is 14.3 Å². The molecule has 0 aliphatic rings. The van der Waals surface area contributed by atoms with Crippen molar-refractivity contribution in [3.63, 3.8) is 0 Å². The van der Waals surface area contributed by atoms with Crippen molar-refractivity contribution >= 4 is 6.09 Å². The Morgan fingerprint density at radius 3 is 2.60 bits per heavy atom. The van der Waals surface area contributed by atoms with Crippen LogP contribution >= 0.6 is 0 Å². The lowest BCUT2D eigenvalue weighted by molar-refractivity contribution is 0.111. The van der Waals surface area contributed by atoms with Gasteiger partial charge in [-0.2, -0.15) is 0 Å². The van der Waals surface area contributed by atoms with Gasteiger partial charge >= 0.3 is 6.09 Å². The predicted molar refractivity (Wildman–Crippen MR) is 59.0 cm³/mol. The van der Waals surface area contributed by atoms with Gasteiger partial charge in [0, 0.05) is 19.7 Å². The van der Waals surface area contributed by atoms with Crippen LogP contribution in [0.2, 0.25) is 0 Å². The molecule has 0 aromatic heterocycles. The van der Waals surface area contributed by atoms with Crippen LogP contribution in [0.3, 0.4) is 0 Å². The zero-order valence-electron chi connectivity index (χ0n) is 9.84. The van der Waals surface area contributed by atoms with Crippen molar-refractivity contribution in [1.82, 2.24) is 10.6 Å². The third-order valence-electron chi connectivity index (χ3n) is 1.57. The minimum absolute atomic E-state index is 0.0723. The zero-order chi connectivity index (χ0) is 11.5. The van der Waals surface area contributed by atoms with E-state index < -0.39 is 0 Å². The van der Waals surface area contributed by atoms with E-state index >= 15 is 0 Å². The van der Waals surface area contributed by atoms with Crippen LogP contribution < -0.4 is 10.6 Å².